The van der Waals surface area contributed by atoms with Crippen molar-refractivity contribution in [2.45, 2.75) is 0 Å². The largest absolute Gasteiger partial charge is 0.487 e. The summed E-state index contributed by atoms with van der Waals surface area (Å²) >= 11 is 5.97. The van der Waals surface area contributed by atoms with Gasteiger partial charge in [-0.1, -0.05) is 23.7 Å². The summed E-state index contributed by atoms with van der Waals surface area (Å²) in [6.45, 7) is 1.08. The van der Waals surface area contributed by atoms with Gasteiger partial charge < -0.3 is 10.5 Å². The molecule has 2 rings (SSSR count). The number of benzene rings is 1. The van der Waals surface area contributed by atoms with Crippen molar-refractivity contribution in [1.29, 1.82) is 0 Å². The fourth-order valence-corrected chi connectivity index (χ4v) is 1.67. The first-order valence-corrected chi connectivity index (χ1v) is 4.51. The number of nitrogens with two attached hydrogens (primary N) is 1. The Bertz CT molecular complexity index is 360. The number of hydrogen-bond acceptors (Lipinski definition) is 2. The SMILES string of the molecule is NCC1=CCOc2c(Cl)cccc21. The molecule has 0 amide bonds. The molecule has 1 heterocycles. The first-order valence-electron chi connectivity index (χ1n) is 4.13. The van der Waals surface area contributed by atoms with Crippen molar-refractivity contribution < 1.29 is 4.74 Å². The van der Waals surface area contributed by atoms with Crippen LogP contribution in [0.15, 0.2) is 24.3 Å². The summed E-state index contributed by atoms with van der Waals surface area (Å²) in [5, 5.41) is 0.650. The van der Waals surface area contributed by atoms with E-state index in [1.54, 1.807) is 0 Å². The topological polar surface area (TPSA) is 35.2 Å². The van der Waals surface area contributed by atoms with Crippen LogP contribution < -0.4 is 10.5 Å². The number of ether oxygens (including phenoxy) is 1. The number of para-hydroxylation sites is 1. The fraction of sp³-hybridized carbons (Fsp3) is 0.200. The van der Waals surface area contributed by atoms with Gasteiger partial charge in [0.25, 0.3) is 0 Å². The zero-order valence-corrected chi connectivity index (χ0v) is 7.84. The summed E-state index contributed by atoms with van der Waals surface area (Å²) in [5.41, 5.74) is 7.72. The zero-order chi connectivity index (χ0) is 9.26. The van der Waals surface area contributed by atoms with Crippen molar-refractivity contribution in [1.82, 2.24) is 0 Å². The van der Waals surface area contributed by atoms with E-state index in [1.807, 2.05) is 24.3 Å². The molecule has 0 saturated carbocycles. The van der Waals surface area contributed by atoms with E-state index in [2.05, 4.69) is 0 Å². The van der Waals surface area contributed by atoms with Crippen molar-refractivity contribution in [3.63, 3.8) is 0 Å². The molecule has 1 aromatic rings. The van der Waals surface area contributed by atoms with Crippen LogP contribution in [0.25, 0.3) is 5.57 Å². The lowest BCUT2D eigenvalue weighted by Gasteiger charge is -2.18. The molecule has 0 radical (unpaired) electrons. The Kier molecular flexibility index (Phi) is 2.25. The first-order chi connectivity index (χ1) is 6.33. The Morgan fingerprint density at radius 2 is 2.31 bits per heavy atom. The molecule has 0 aliphatic carbocycles. The minimum absolute atomic E-state index is 0.525. The smallest absolute Gasteiger partial charge is 0.145 e. The molecule has 0 bridgehead atoms. The second-order valence-electron chi connectivity index (χ2n) is 2.86. The fourth-order valence-electron chi connectivity index (χ4n) is 1.44. The normalized spacial score (nSPS) is 14.5. The van der Waals surface area contributed by atoms with Gasteiger partial charge in [-0.05, 0) is 17.7 Å². The minimum atomic E-state index is 0.525. The van der Waals surface area contributed by atoms with Crippen LogP contribution in [0, 0.1) is 0 Å². The second kappa shape index (κ2) is 3.40. The summed E-state index contributed by atoms with van der Waals surface area (Å²) in [5.74, 6) is 0.757. The van der Waals surface area contributed by atoms with Crippen LogP contribution in [0.1, 0.15) is 5.56 Å². The Morgan fingerprint density at radius 1 is 1.46 bits per heavy atom. The average molecular weight is 196 g/mol. The predicted molar refractivity (Wildman–Crippen MR) is 54.0 cm³/mol. The molecule has 2 nitrogen and oxygen atoms in total. The van der Waals surface area contributed by atoms with Gasteiger partial charge in [-0.2, -0.15) is 0 Å². The highest BCUT2D eigenvalue weighted by Gasteiger charge is 2.14. The Labute approximate surface area is 82.0 Å². The van der Waals surface area contributed by atoms with Gasteiger partial charge in [-0.15, -0.1) is 0 Å². The quantitative estimate of drug-likeness (QED) is 0.745. The third-order valence-corrected chi connectivity index (χ3v) is 2.39. The van der Waals surface area contributed by atoms with E-state index in [-0.39, 0.29) is 0 Å². The number of fused-ring (bicyclic) bond motifs is 1. The lowest BCUT2D eigenvalue weighted by atomic mass is 10.0. The van der Waals surface area contributed by atoms with Crippen LogP contribution in [-0.2, 0) is 0 Å². The first kappa shape index (κ1) is 8.60. The molecule has 1 aromatic carbocycles. The van der Waals surface area contributed by atoms with E-state index in [4.69, 9.17) is 22.1 Å². The van der Waals surface area contributed by atoms with Gasteiger partial charge >= 0.3 is 0 Å². The Hall–Kier alpha value is -0.990. The Morgan fingerprint density at radius 3 is 3.08 bits per heavy atom. The van der Waals surface area contributed by atoms with Gasteiger partial charge in [0.15, 0.2) is 0 Å². The zero-order valence-electron chi connectivity index (χ0n) is 7.09. The van der Waals surface area contributed by atoms with E-state index in [0.717, 1.165) is 16.9 Å². The van der Waals surface area contributed by atoms with E-state index in [9.17, 15) is 0 Å². The van der Waals surface area contributed by atoms with Crippen LogP contribution in [0.4, 0.5) is 0 Å². The van der Waals surface area contributed by atoms with Crippen molar-refractivity contribution in [2.24, 2.45) is 5.73 Å². The minimum Gasteiger partial charge on any atom is -0.487 e. The van der Waals surface area contributed by atoms with Crippen LogP contribution >= 0.6 is 11.6 Å². The van der Waals surface area contributed by atoms with Crippen molar-refractivity contribution in [3.8, 4) is 5.75 Å². The van der Waals surface area contributed by atoms with Crippen molar-refractivity contribution in [3.05, 3.63) is 34.9 Å². The molecular formula is C10H10ClNO. The highest BCUT2D eigenvalue weighted by Crippen LogP contribution is 2.35. The highest BCUT2D eigenvalue weighted by molar-refractivity contribution is 6.32. The van der Waals surface area contributed by atoms with Gasteiger partial charge in [-0.25, -0.2) is 0 Å². The molecule has 0 fully saturated rings. The van der Waals surface area contributed by atoms with Gasteiger partial charge in [0.2, 0.25) is 0 Å². The molecular weight excluding hydrogens is 186 g/mol. The van der Waals surface area contributed by atoms with Crippen molar-refractivity contribution in [2.75, 3.05) is 13.2 Å². The third kappa shape index (κ3) is 1.43. The summed E-state index contributed by atoms with van der Waals surface area (Å²) in [6.07, 6.45) is 1.98. The molecule has 13 heavy (non-hydrogen) atoms. The molecule has 0 atom stereocenters. The molecule has 0 unspecified atom stereocenters. The number of rotatable bonds is 1. The summed E-state index contributed by atoms with van der Waals surface area (Å²) in [6, 6.07) is 5.69. The van der Waals surface area contributed by atoms with Gasteiger partial charge in [0, 0.05) is 12.1 Å². The van der Waals surface area contributed by atoms with Gasteiger partial charge in [-0.3, -0.25) is 0 Å². The Balaban J connectivity index is 2.55. The maximum Gasteiger partial charge on any atom is 0.145 e. The molecule has 2 N–H and O–H groups in total. The van der Waals surface area contributed by atoms with Crippen LogP contribution in [0.5, 0.6) is 5.75 Å². The van der Waals surface area contributed by atoms with Gasteiger partial charge in [0.1, 0.15) is 12.4 Å². The second-order valence-corrected chi connectivity index (χ2v) is 3.27. The van der Waals surface area contributed by atoms with Crippen LogP contribution in [-0.4, -0.2) is 13.2 Å². The van der Waals surface area contributed by atoms with E-state index in [0.29, 0.717) is 18.2 Å². The lowest BCUT2D eigenvalue weighted by molar-refractivity contribution is 0.357. The highest BCUT2D eigenvalue weighted by atomic mass is 35.5. The van der Waals surface area contributed by atoms with E-state index >= 15 is 0 Å². The lowest BCUT2D eigenvalue weighted by Crippen LogP contribution is -2.11. The standard InChI is InChI=1S/C10H10ClNO/c11-9-3-1-2-8-7(6-12)4-5-13-10(8)9/h1-4H,5-6,12H2. The summed E-state index contributed by atoms with van der Waals surface area (Å²) in [4.78, 5) is 0. The molecule has 1 aliphatic heterocycles. The number of halogens is 1. The number of hydrogen-bond donors (Lipinski definition) is 1. The molecule has 0 aromatic heterocycles. The molecule has 68 valence electrons. The molecule has 3 heteroatoms. The summed E-state index contributed by atoms with van der Waals surface area (Å²) < 4.78 is 5.42. The summed E-state index contributed by atoms with van der Waals surface area (Å²) in [7, 11) is 0. The maximum absolute atomic E-state index is 5.97. The maximum atomic E-state index is 5.97. The van der Waals surface area contributed by atoms with Crippen LogP contribution in [0.3, 0.4) is 0 Å². The average Bonchev–Trinajstić information content (AvgIpc) is 2.18. The van der Waals surface area contributed by atoms with Crippen LogP contribution in [0.2, 0.25) is 5.02 Å². The molecule has 0 saturated heterocycles. The monoisotopic (exact) mass is 195 g/mol. The van der Waals surface area contributed by atoms with E-state index in [1.165, 1.54) is 0 Å². The molecule has 1 aliphatic rings. The van der Waals surface area contributed by atoms with Crippen molar-refractivity contribution >= 4 is 17.2 Å². The molecule has 0 spiro atoms. The predicted octanol–water partition coefficient (Wildman–Crippen LogP) is 2.07. The third-order valence-electron chi connectivity index (χ3n) is 2.09. The van der Waals surface area contributed by atoms with E-state index < -0.39 is 0 Å². The van der Waals surface area contributed by atoms with Gasteiger partial charge in [0.05, 0.1) is 5.02 Å².